The fourth-order valence-corrected chi connectivity index (χ4v) is 2.93. The molecule has 1 N–H and O–H groups in total. The highest BCUT2D eigenvalue weighted by molar-refractivity contribution is 5.78. The first-order chi connectivity index (χ1) is 11.3. The summed E-state index contributed by atoms with van der Waals surface area (Å²) in [5, 5.41) is 3.05. The molecule has 0 unspecified atom stereocenters. The second kappa shape index (κ2) is 7.09. The van der Waals surface area contributed by atoms with E-state index in [4.69, 9.17) is 4.74 Å². The van der Waals surface area contributed by atoms with E-state index in [2.05, 4.69) is 17.4 Å². The highest BCUT2D eigenvalue weighted by atomic mass is 16.5. The quantitative estimate of drug-likeness (QED) is 0.864. The summed E-state index contributed by atoms with van der Waals surface area (Å²) in [5.74, 6) is 0.445. The molecule has 1 aliphatic carbocycles. The van der Waals surface area contributed by atoms with Gasteiger partial charge in [-0.2, -0.15) is 0 Å². The molecule has 2 aromatic carbocycles. The van der Waals surface area contributed by atoms with Crippen molar-refractivity contribution in [3.05, 3.63) is 65.2 Å². The van der Waals surface area contributed by atoms with Crippen molar-refractivity contribution in [2.75, 3.05) is 6.61 Å². The van der Waals surface area contributed by atoms with Crippen molar-refractivity contribution in [2.45, 2.75) is 25.3 Å². The molecule has 0 saturated carbocycles. The molecule has 0 heterocycles. The lowest BCUT2D eigenvalue weighted by Crippen LogP contribution is -2.34. The Morgan fingerprint density at radius 3 is 2.74 bits per heavy atom. The molecular weight excluding hydrogens is 290 g/mol. The van der Waals surface area contributed by atoms with E-state index in [9.17, 15) is 9.59 Å². The second-order valence-corrected chi connectivity index (χ2v) is 5.69. The summed E-state index contributed by atoms with van der Waals surface area (Å²) in [4.78, 5) is 22.7. The summed E-state index contributed by atoms with van der Waals surface area (Å²) < 4.78 is 5.47. The SMILES string of the molecule is O=Cc1ccc(OCC(=O)N[C@H]2CCCc3ccccc32)cc1. The number of carbonyl (C=O) groups excluding carboxylic acids is 2. The van der Waals surface area contributed by atoms with E-state index in [1.165, 1.54) is 11.1 Å². The van der Waals surface area contributed by atoms with E-state index < -0.39 is 0 Å². The number of carbonyl (C=O) groups is 2. The monoisotopic (exact) mass is 309 g/mol. The fraction of sp³-hybridized carbons (Fsp3) is 0.263. The van der Waals surface area contributed by atoms with Crippen LogP contribution < -0.4 is 10.1 Å². The summed E-state index contributed by atoms with van der Waals surface area (Å²) in [6.45, 7) is -0.0287. The largest absolute Gasteiger partial charge is 0.484 e. The number of hydrogen-bond acceptors (Lipinski definition) is 3. The lowest BCUT2D eigenvalue weighted by molar-refractivity contribution is -0.123. The van der Waals surface area contributed by atoms with E-state index in [0.29, 0.717) is 11.3 Å². The van der Waals surface area contributed by atoms with E-state index in [1.807, 2.05) is 12.1 Å². The first-order valence-corrected chi connectivity index (χ1v) is 7.81. The average molecular weight is 309 g/mol. The third kappa shape index (κ3) is 3.77. The van der Waals surface area contributed by atoms with Crippen LogP contribution in [-0.4, -0.2) is 18.8 Å². The molecule has 1 atom stereocenters. The summed E-state index contributed by atoms with van der Waals surface area (Å²) in [7, 11) is 0. The number of ether oxygens (including phenoxy) is 1. The molecule has 0 bridgehead atoms. The van der Waals surface area contributed by atoms with Crippen LogP contribution in [0.25, 0.3) is 0 Å². The van der Waals surface area contributed by atoms with Gasteiger partial charge in [-0.05, 0) is 54.7 Å². The Kier molecular flexibility index (Phi) is 4.71. The van der Waals surface area contributed by atoms with Crippen molar-refractivity contribution in [3.63, 3.8) is 0 Å². The molecule has 0 saturated heterocycles. The van der Waals surface area contributed by atoms with Gasteiger partial charge in [0.2, 0.25) is 0 Å². The Labute approximate surface area is 135 Å². The Balaban J connectivity index is 1.56. The van der Waals surface area contributed by atoms with Gasteiger partial charge in [-0.3, -0.25) is 9.59 Å². The molecule has 4 nitrogen and oxygen atoms in total. The fourth-order valence-electron chi connectivity index (χ4n) is 2.93. The predicted molar refractivity (Wildman–Crippen MR) is 87.6 cm³/mol. The maximum absolute atomic E-state index is 12.1. The van der Waals surface area contributed by atoms with Gasteiger partial charge < -0.3 is 10.1 Å². The molecule has 0 fully saturated rings. The van der Waals surface area contributed by atoms with Gasteiger partial charge in [0.1, 0.15) is 12.0 Å². The normalized spacial score (nSPS) is 16.3. The van der Waals surface area contributed by atoms with Crippen molar-refractivity contribution < 1.29 is 14.3 Å². The number of hydrogen-bond donors (Lipinski definition) is 1. The van der Waals surface area contributed by atoms with Gasteiger partial charge in [-0.25, -0.2) is 0 Å². The number of benzene rings is 2. The minimum Gasteiger partial charge on any atom is -0.484 e. The van der Waals surface area contributed by atoms with Crippen LogP contribution in [0, 0.1) is 0 Å². The Morgan fingerprint density at radius 1 is 1.17 bits per heavy atom. The van der Waals surface area contributed by atoms with E-state index >= 15 is 0 Å². The Bertz CT molecular complexity index is 694. The van der Waals surface area contributed by atoms with Gasteiger partial charge in [0.15, 0.2) is 6.61 Å². The first-order valence-electron chi connectivity index (χ1n) is 7.81. The molecular formula is C19H19NO3. The number of fused-ring (bicyclic) bond motifs is 1. The average Bonchev–Trinajstić information content (AvgIpc) is 2.61. The standard InChI is InChI=1S/C19H19NO3/c21-12-14-8-10-16(11-9-14)23-13-19(22)20-18-7-3-5-15-4-1-2-6-17(15)18/h1-2,4,6,8-12,18H,3,5,7,13H2,(H,20,22)/t18-/m0/s1. The number of nitrogens with one attached hydrogen (secondary N) is 1. The van der Waals surface area contributed by atoms with Crippen LogP contribution in [0.5, 0.6) is 5.75 Å². The topological polar surface area (TPSA) is 55.4 Å². The highest BCUT2D eigenvalue weighted by Gasteiger charge is 2.21. The van der Waals surface area contributed by atoms with Crippen molar-refractivity contribution in [2.24, 2.45) is 0 Å². The molecule has 0 spiro atoms. The summed E-state index contributed by atoms with van der Waals surface area (Å²) in [6.07, 6.45) is 3.88. The van der Waals surface area contributed by atoms with Crippen LogP contribution in [0.2, 0.25) is 0 Å². The lowest BCUT2D eigenvalue weighted by Gasteiger charge is -2.26. The third-order valence-corrected chi connectivity index (χ3v) is 4.09. The lowest BCUT2D eigenvalue weighted by atomic mass is 9.88. The molecule has 0 aromatic heterocycles. The predicted octanol–water partition coefficient (Wildman–Crippen LogP) is 3.07. The molecule has 4 heteroatoms. The van der Waals surface area contributed by atoms with Crippen LogP contribution in [0.15, 0.2) is 48.5 Å². The molecule has 0 aliphatic heterocycles. The summed E-state index contributed by atoms with van der Waals surface area (Å²) in [6, 6.07) is 15.0. The zero-order valence-electron chi connectivity index (χ0n) is 12.8. The summed E-state index contributed by atoms with van der Waals surface area (Å²) >= 11 is 0. The van der Waals surface area contributed by atoms with Gasteiger partial charge >= 0.3 is 0 Å². The maximum Gasteiger partial charge on any atom is 0.258 e. The molecule has 118 valence electrons. The number of rotatable bonds is 5. The van der Waals surface area contributed by atoms with Gasteiger partial charge in [-0.15, -0.1) is 0 Å². The van der Waals surface area contributed by atoms with Crippen LogP contribution >= 0.6 is 0 Å². The number of amides is 1. The highest BCUT2D eigenvalue weighted by Crippen LogP contribution is 2.29. The molecule has 0 radical (unpaired) electrons. The Hall–Kier alpha value is -2.62. The molecule has 23 heavy (non-hydrogen) atoms. The third-order valence-electron chi connectivity index (χ3n) is 4.09. The van der Waals surface area contributed by atoms with E-state index in [0.717, 1.165) is 25.5 Å². The number of aldehydes is 1. The number of aryl methyl sites for hydroxylation is 1. The molecule has 2 aromatic rings. The summed E-state index contributed by atoms with van der Waals surface area (Å²) in [5.41, 5.74) is 3.11. The van der Waals surface area contributed by atoms with Crippen LogP contribution in [0.3, 0.4) is 0 Å². The van der Waals surface area contributed by atoms with Gasteiger partial charge in [0.25, 0.3) is 5.91 Å². The minimum atomic E-state index is -0.133. The molecule has 3 rings (SSSR count). The maximum atomic E-state index is 12.1. The van der Waals surface area contributed by atoms with Crippen molar-refractivity contribution in [1.29, 1.82) is 0 Å². The van der Waals surface area contributed by atoms with Gasteiger partial charge in [0.05, 0.1) is 6.04 Å². The first kappa shape index (κ1) is 15.3. The Morgan fingerprint density at radius 2 is 1.96 bits per heavy atom. The van der Waals surface area contributed by atoms with Crippen molar-refractivity contribution in [1.82, 2.24) is 5.32 Å². The smallest absolute Gasteiger partial charge is 0.258 e. The van der Waals surface area contributed by atoms with E-state index in [1.54, 1.807) is 24.3 Å². The van der Waals surface area contributed by atoms with Crippen molar-refractivity contribution in [3.8, 4) is 5.75 Å². The van der Waals surface area contributed by atoms with Crippen LogP contribution in [0.1, 0.15) is 40.4 Å². The van der Waals surface area contributed by atoms with Crippen molar-refractivity contribution >= 4 is 12.2 Å². The molecule has 1 amide bonds. The van der Waals surface area contributed by atoms with E-state index in [-0.39, 0.29) is 18.6 Å². The second-order valence-electron chi connectivity index (χ2n) is 5.69. The van der Waals surface area contributed by atoms with Gasteiger partial charge in [0, 0.05) is 5.56 Å². The van der Waals surface area contributed by atoms with Gasteiger partial charge in [-0.1, -0.05) is 24.3 Å². The van der Waals surface area contributed by atoms with Crippen LogP contribution in [-0.2, 0) is 11.2 Å². The van der Waals surface area contributed by atoms with Crippen LogP contribution in [0.4, 0.5) is 0 Å². The zero-order chi connectivity index (χ0) is 16.1. The minimum absolute atomic E-state index is 0.0287. The zero-order valence-corrected chi connectivity index (χ0v) is 12.8. The molecule has 1 aliphatic rings.